The van der Waals surface area contributed by atoms with Crippen LogP contribution in [-0.2, 0) is 9.53 Å². The van der Waals surface area contributed by atoms with Crippen LogP contribution in [0.2, 0.25) is 5.02 Å². The molecule has 0 saturated carbocycles. The number of cyclic esters (lactones) is 1. The number of carbonyl (C=O) groups excluding carboxylic acids is 1. The van der Waals surface area contributed by atoms with Crippen molar-refractivity contribution in [2.24, 2.45) is 4.99 Å². The first-order valence-corrected chi connectivity index (χ1v) is 10.8. The Balaban J connectivity index is 1.94. The van der Waals surface area contributed by atoms with E-state index in [1.807, 2.05) is 39.0 Å². The molecule has 0 aliphatic carbocycles. The Morgan fingerprint density at radius 2 is 2.07 bits per heavy atom. The van der Waals surface area contributed by atoms with Crippen LogP contribution >= 0.6 is 34.2 Å². The highest BCUT2D eigenvalue weighted by Gasteiger charge is 2.25. The topological polar surface area (TPSA) is 57.1 Å². The van der Waals surface area contributed by atoms with Crippen LogP contribution in [0.3, 0.4) is 0 Å². The molecule has 0 spiro atoms. The third-order valence-electron chi connectivity index (χ3n) is 4.12. The maximum Gasteiger partial charge on any atom is 0.363 e. The van der Waals surface area contributed by atoms with Crippen LogP contribution in [0, 0.1) is 10.5 Å². The lowest BCUT2D eigenvalue weighted by atomic mass is 10.1. The van der Waals surface area contributed by atoms with Gasteiger partial charge in [-0.25, -0.2) is 9.79 Å². The van der Waals surface area contributed by atoms with Gasteiger partial charge in [-0.15, -0.1) is 0 Å². The summed E-state index contributed by atoms with van der Waals surface area (Å²) in [5, 5.41) is 0.373. The average Bonchev–Trinajstić information content (AvgIpc) is 3.04. The van der Waals surface area contributed by atoms with Crippen molar-refractivity contribution in [2.45, 2.75) is 20.8 Å². The van der Waals surface area contributed by atoms with E-state index in [1.165, 1.54) is 0 Å². The molecule has 156 valence electrons. The van der Waals surface area contributed by atoms with Crippen molar-refractivity contribution in [1.29, 1.82) is 0 Å². The third kappa shape index (κ3) is 5.23. The van der Waals surface area contributed by atoms with E-state index in [-0.39, 0.29) is 11.6 Å². The van der Waals surface area contributed by atoms with E-state index in [9.17, 15) is 4.79 Å². The zero-order valence-corrected chi connectivity index (χ0v) is 19.8. The molecular formula is C23H21ClINO4. The number of aliphatic imine (C=N–C) groups is 1. The zero-order valence-electron chi connectivity index (χ0n) is 16.9. The molecule has 1 heterocycles. The zero-order chi connectivity index (χ0) is 21.8. The van der Waals surface area contributed by atoms with Crippen LogP contribution in [-0.4, -0.2) is 25.1 Å². The molecule has 2 aromatic rings. The van der Waals surface area contributed by atoms with Crippen molar-refractivity contribution in [3.8, 4) is 11.5 Å². The molecule has 0 bridgehead atoms. The van der Waals surface area contributed by atoms with E-state index in [0.717, 1.165) is 20.3 Å². The number of rotatable bonds is 7. The van der Waals surface area contributed by atoms with E-state index in [4.69, 9.17) is 25.8 Å². The first kappa shape index (κ1) is 22.4. The van der Waals surface area contributed by atoms with Crippen molar-refractivity contribution in [3.05, 3.63) is 73.5 Å². The smallest absolute Gasteiger partial charge is 0.363 e. The maximum atomic E-state index is 12.3. The van der Waals surface area contributed by atoms with E-state index in [2.05, 4.69) is 34.2 Å². The molecule has 0 atom stereocenters. The molecule has 0 unspecified atom stereocenters. The first-order chi connectivity index (χ1) is 14.3. The number of benzene rings is 2. The number of hydrogen-bond acceptors (Lipinski definition) is 5. The van der Waals surface area contributed by atoms with Crippen molar-refractivity contribution < 1.29 is 19.0 Å². The normalized spacial score (nSPS) is 14.5. The van der Waals surface area contributed by atoms with E-state index in [1.54, 1.807) is 18.2 Å². The van der Waals surface area contributed by atoms with Gasteiger partial charge in [0.1, 0.15) is 6.61 Å². The highest BCUT2D eigenvalue weighted by atomic mass is 127. The van der Waals surface area contributed by atoms with Gasteiger partial charge in [0.15, 0.2) is 17.2 Å². The molecule has 0 radical (unpaired) electrons. The molecule has 2 aromatic carbocycles. The Labute approximate surface area is 194 Å². The Bertz CT molecular complexity index is 1080. The number of halogens is 2. The van der Waals surface area contributed by atoms with Gasteiger partial charge in [0.05, 0.1) is 11.6 Å². The average molecular weight is 538 g/mol. The molecule has 0 aromatic heterocycles. The fourth-order valence-corrected chi connectivity index (χ4v) is 3.35. The van der Waals surface area contributed by atoms with Gasteiger partial charge in [-0.05, 0) is 96.5 Å². The summed E-state index contributed by atoms with van der Waals surface area (Å²) in [5.41, 5.74) is 3.54. The lowest BCUT2D eigenvalue weighted by molar-refractivity contribution is -0.129. The fourth-order valence-electron chi connectivity index (χ4n) is 2.74. The van der Waals surface area contributed by atoms with Crippen LogP contribution < -0.4 is 9.47 Å². The number of ether oxygens (including phenoxy) is 3. The van der Waals surface area contributed by atoms with Crippen molar-refractivity contribution in [3.63, 3.8) is 0 Å². The molecule has 0 fully saturated rings. The van der Waals surface area contributed by atoms with Crippen LogP contribution in [0.25, 0.3) is 6.08 Å². The van der Waals surface area contributed by atoms with E-state index in [0.29, 0.717) is 35.3 Å². The van der Waals surface area contributed by atoms with Gasteiger partial charge in [-0.2, -0.15) is 0 Å². The second kappa shape index (κ2) is 9.66. The van der Waals surface area contributed by atoms with Gasteiger partial charge in [0.2, 0.25) is 5.90 Å². The summed E-state index contributed by atoms with van der Waals surface area (Å²) in [7, 11) is 0. The van der Waals surface area contributed by atoms with Crippen molar-refractivity contribution in [2.75, 3.05) is 13.2 Å². The molecule has 3 rings (SSSR count). The summed E-state index contributed by atoms with van der Waals surface area (Å²) >= 11 is 8.67. The van der Waals surface area contributed by atoms with Crippen LogP contribution in [0.5, 0.6) is 11.5 Å². The van der Waals surface area contributed by atoms with Gasteiger partial charge >= 0.3 is 5.97 Å². The number of esters is 1. The molecule has 5 nitrogen and oxygen atoms in total. The molecule has 0 amide bonds. The predicted molar refractivity (Wildman–Crippen MR) is 127 cm³/mol. The molecule has 1 aliphatic heterocycles. The monoisotopic (exact) mass is 537 g/mol. The number of nitrogens with zero attached hydrogens (tertiary/aromatic N) is 1. The SMILES string of the molecule is C=C(C)COc1c(Cl)cc(/C=C2\N=C(c3ccc(I)c(C)c3)OC2=O)cc1OCC. The van der Waals surface area contributed by atoms with Crippen molar-refractivity contribution in [1.82, 2.24) is 0 Å². The van der Waals surface area contributed by atoms with Crippen LogP contribution in [0.1, 0.15) is 30.5 Å². The number of hydrogen-bond donors (Lipinski definition) is 0. The summed E-state index contributed by atoms with van der Waals surface area (Å²) in [4.78, 5) is 16.7. The second-order valence-corrected chi connectivity index (χ2v) is 8.38. The highest BCUT2D eigenvalue weighted by molar-refractivity contribution is 14.1. The molecule has 1 aliphatic rings. The number of aryl methyl sites for hydroxylation is 1. The largest absolute Gasteiger partial charge is 0.490 e. The summed E-state index contributed by atoms with van der Waals surface area (Å²) in [6, 6.07) is 9.23. The molecule has 7 heteroatoms. The minimum absolute atomic E-state index is 0.190. The minimum atomic E-state index is -0.516. The summed E-state index contributed by atoms with van der Waals surface area (Å²) in [5.74, 6) is 0.694. The van der Waals surface area contributed by atoms with Gasteiger partial charge in [0.25, 0.3) is 0 Å². The molecular weight excluding hydrogens is 517 g/mol. The highest BCUT2D eigenvalue weighted by Crippen LogP contribution is 2.38. The Morgan fingerprint density at radius 1 is 1.30 bits per heavy atom. The van der Waals surface area contributed by atoms with Crippen LogP contribution in [0.15, 0.2) is 53.2 Å². The molecule has 30 heavy (non-hydrogen) atoms. The van der Waals surface area contributed by atoms with E-state index < -0.39 is 5.97 Å². The quantitative estimate of drug-likeness (QED) is 0.190. The lowest BCUT2D eigenvalue weighted by Crippen LogP contribution is -2.06. The predicted octanol–water partition coefficient (Wildman–Crippen LogP) is 5.95. The van der Waals surface area contributed by atoms with Gasteiger partial charge in [-0.3, -0.25) is 0 Å². The number of carbonyl (C=O) groups is 1. The summed E-state index contributed by atoms with van der Waals surface area (Å²) in [6.45, 7) is 10.3. The Morgan fingerprint density at radius 3 is 2.73 bits per heavy atom. The standard InChI is InChI=1S/C23H21ClINO4/c1-5-28-20-11-15(9-17(24)21(20)29-12-13(2)3)10-19-23(27)30-22(26-19)16-6-7-18(25)14(4)8-16/h6-11H,2,5,12H2,1,3-4H3/b19-10-. The minimum Gasteiger partial charge on any atom is -0.490 e. The van der Waals surface area contributed by atoms with Crippen LogP contribution in [0.4, 0.5) is 0 Å². The summed E-state index contributed by atoms with van der Waals surface area (Å²) in [6.07, 6.45) is 1.62. The second-order valence-electron chi connectivity index (χ2n) is 6.81. The third-order valence-corrected chi connectivity index (χ3v) is 5.61. The maximum absolute atomic E-state index is 12.3. The first-order valence-electron chi connectivity index (χ1n) is 9.31. The fraction of sp³-hybridized carbons (Fsp3) is 0.217. The molecule has 0 saturated heterocycles. The Hall–Kier alpha value is -2.32. The van der Waals surface area contributed by atoms with Gasteiger partial charge < -0.3 is 14.2 Å². The summed E-state index contributed by atoms with van der Waals surface area (Å²) < 4.78 is 17.9. The molecule has 0 N–H and O–H groups in total. The van der Waals surface area contributed by atoms with Crippen molar-refractivity contribution >= 4 is 52.1 Å². The van der Waals surface area contributed by atoms with Gasteiger partial charge in [-0.1, -0.05) is 18.2 Å². The Kier molecular flexibility index (Phi) is 7.20. The van der Waals surface area contributed by atoms with E-state index >= 15 is 0 Å². The lowest BCUT2D eigenvalue weighted by Gasteiger charge is -2.14. The van der Waals surface area contributed by atoms with Gasteiger partial charge in [0, 0.05) is 9.13 Å².